The van der Waals surface area contributed by atoms with Crippen LogP contribution < -0.4 is 10.1 Å². The fourth-order valence-corrected chi connectivity index (χ4v) is 7.57. The highest BCUT2D eigenvalue weighted by Crippen LogP contribution is 2.45. The van der Waals surface area contributed by atoms with Gasteiger partial charge in [0.25, 0.3) is 0 Å². The Morgan fingerprint density at radius 1 is 1.16 bits per heavy atom. The molecule has 0 bridgehead atoms. The zero-order valence-corrected chi connectivity index (χ0v) is 29.3. The lowest BCUT2D eigenvalue weighted by atomic mass is 9.95. The average molecular weight is 770 g/mol. The summed E-state index contributed by atoms with van der Waals surface area (Å²) in [5.74, 6) is -1.77. The molecule has 5 aromatic rings. The summed E-state index contributed by atoms with van der Waals surface area (Å²) in [5.41, 5.74) is 4.62. The van der Waals surface area contributed by atoms with Crippen LogP contribution in [0.5, 0.6) is 5.75 Å². The first-order chi connectivity index (χ1) is 24.1. The van der Waals surface area contributed by atoms with E-state index in [0.29, 0.717) is 48.0 Å². The smallest absolute Gasteiger partial charge is 0.487 e. The first-order valence-corrected chi connectivity index (χ1v) is 18.8. The van der Waals surface area contributed by atoms with E-state index in [2.05, 4.69) is 15.3 Å². The van der Waals surface area contributed by atoms with Crippen molar-refractivity contribution in [1.29, 1.82) is 0 Å². The predicted molar refractivity (Wildman–Crippen MR) is 185 cm³/mol. The molecule has 272 valence electrons. The average Bonchev–Trinajstić information content (AvgIpc) is 3.64. The van der Waals surface area contributed by atoms with Crippen molar-refractivity contribution in [3.8, 4) is 16.2 Å². The van der Waals surface area contributed by atoms with Gasteiger partial charge in [0.2, 0.25) is 0 Å². The van der Waals surface area contributed by atoms with Gasteiger partial charge in [0.15, 0.2) is 0 Å². The number of sulfone groups is 1. The SMILES string of the molecule is CS(=O)(=O)CCCC[C@@H](O)Cn1cc2c(n1)CCc1c-2sc2ncnc(Nc3ccc(OCc4cccc(F)c4)c(Cl)c3)c12.O=C(O)C(F)(F)F. The summed E-state index contributed by atoms with van der Waals surface area (Å²) in [6.07, 6.45) is 2.28. The number of aromatic nitrogens is 4. The van der Waals surface area contributed by atoms with Crippen molar-refractivity contribution in [2.24, 2.45) is 0 Å². The molecule has 0 fully saturated rings. The molecule has 0 radical (unpaired) electrons. The van der Waals surface area contributed by atoms with Crippen molar-refractivity contribution in [2.75, 3.05) is 17.3 Å². The van der Waals surface area contributed by atoms with Crippen LogP contribution in [-0.2, 0) is 40.6 Å². The number of hydrogen-bond donors (Lipinski definition) is 3. The van der Waals surface area contributed by atoms with Crippen molar-refractivity contribution in [2.45, 2.75) is 57.5 Å². The molecule has 11 nitrogen and oxygen atoms in total. The Morgan fingerprint density at radius 3 is 2.61 bits per heavy atom. The Balaban J connectivity index is 0.000000654. The molecule has 1 aliphatic carbocycles. The number of fused-ring (bicyclic) bond motifs is 5. The fraction of sp³-hybridized carbons (Fsp3) is 0.333. The summed E-state index contributed by atoms with van der Waals surface area (Å²) in [6, 6.07) is 11.6. The largest absolute Gasteiger partial charge is 0.490 e. The van der Waals surface area contributed by atoms with Gasteiger partial charge in [-0.3, -0.25) is 4.68 Å². The first kappa shape index (κ1) is 37.9. The number of aryl methyl sites for hydroxylation is 2. The number of nitrogens with one attached hydrogen (secondary N) is 1. The van der Waals surface area contributed by atoms with Crippen LogP contribution in [0.4, 0.5) is 29.1 Å². The maximum Gasteiger partial charge on any atom is 0.490 e. The van der Waals surface area contributed by atoms with Gasteiger partial charge in [-0.2, -0.15) is 18.3 Å². The predicted octanol–water partition coefficient (Wildman–Crippen LogP) is 6.98. The number of carboxylic acid groups (broad SMARTS) is 1. The van der Waals surface area contributed by atoms with Gasteiger partial charge >= 0.3 is 12.1 Å². The first-order valence-electron chi connectivity index (χ1n) is 15.5. The number of carbonyl (C=O) groups is 1. The van der Waals surface area contributed by atoms with Crippen LogP contribution in [0.2, 0.25) is 5.02 Å². The lowest BCUT2D eigenvalue weighted by molar-refractivity contribution is -0.192. The second-order valence-electron chi connectivity index (χ2n) is 11.8. The van der Waals surface area contributed by atoms with E-state index < -0.39 is 28.1 Å². The van der Waals surface area contributed by atoms with E-state index in [1.54, 1.807) is 40.3 Å². The second kappa shape index (κ2) is 15.9. The van der Waals surface area contributed by atoms with Crippen LogP contribution in [0, 0.1) is 5.82 Å². The molecule has 0 saturated carbocycles. The number of alkyl halides is 3. The second-order valence-corrected chi connectivity index (χ2v) is 15.5. The summed E-state index contributed by atoms with van der Waals surface area (Å²) in [4.78, 5) is 20.0. The van der Waals surface area contributed by atoms with Gasteiger partial charge in [-0.1, -0.05) is 23.7 Å². The summed E-state index contributed by atoms with van der Waals surface area (Å²) in [7, 11) is -2.99. The molecular formula is C33H32ClF4N5O6S2. The number of halogens is 5. The molecule has 1 aliphatic rings. The molecule has 0 unspecified atom stereocenters. The number of rotatable bonds is 12. The van der Waals surface area contributed by atoms with E-state index in [4.69, 9.17) is 31.3 Å². The van der Waals surface area contributed by atoms with E-state index in [1.807, 2.05) is 12.3 Å². The molecule has 3 heterocycles. The lowest BCUT2D eigenvalue weighted by Gasteiger charge is -2.13. The number of hydrogen-bond acceptors (Lipinski definition) is 10. The molecule has 0 aliphatic heterocycles. The van der Waals surface area contributed by atoms with Crippen LogP contribution in [-0.4, -0.2) is 68.6 Å². The van der Waals surface area contributed by atoms with Gasteiger partial charge in [0, 0.05) is 34.3 Å². The summed E-state index contributed by atoms with van der Waals surface area (Å²) < 4.78 is 75.5. The van der Waals surface area contributed by atoms with Gasteiger partial charge in [-0.15, -0.1) is 11.3 Å². The number of aliphatic hydroxyl groups excluding tert-OH is 1. The highest BCUT2D eigenvalue weighted by molar-refractivity contribution is 7.90. The third-order valence-corrected chi connectivity index (χ3v) is 10.2. The van der Waals surface area contributed by atoms with Gasteiger partial charge < -0.3 is 20.3 Å². The number of carboxylic acids is 1. The third-order valence-electron chi connectivity index (χ3n) is 7.70. The number of thiophene rings is 1. The van der Waals surface area contributed by atoms with Crippen molar-refractivity contribution in [3.05, 3.63) is 82.6 Å². The zero-order chi connectivity index (χ0) is 36.9. The Hall–Kier alpha value is -4.32. The Bertz CT molecular complexity index is 2140. The highest BCUT2D eigenvalue weighted by Gasteiger charge is 2.38. The van der Waals surface area contributed by atoms with Crippen LogP contribution in [0.25, 0.3) is 20.7 Å². The van der Waals surface area contributed by atoms with Crippen molar-refractivity contribution in [1.82, 2.24) is 19.7 Å². The molecule has 0 spiro atoms. The maximum atomic E-state index is 13.5. The number of ether oxygens (including phenoxy) is 1. The molecule has 1 atom stereocenters. The van der Waals surface area contributed by atoms with Crippen LogP contribution in [0.15, 0.2) is 55.0 Å². The van der Waals surface area contributed by atoms with E-state index in [1.165, 1.54) is 24.7 Å². The Labute approximate surface area is 298 Å². The number of unbranched alkanes of at least 4 members (excludes halogenated alkanes) is 1. The van der Waals surface area contributed by atoms with Crippen molar-refractivity contribution in [3.63, 3.8) is 0 Å². The van der Waals surface area contributed by atoms with Crippen LogP contribution in [0.3, 0.4) is 0 Å². The molecule has 2 aromatic carbocycles. The van der Waals surface area contributed by atoms with E-state index in [9.17, 15) is 31.1 Å². The Kier molecular flexibility index (Phi) is 11.8. The topological polar surface area (TPSA) is 157 Å². The van der Waals surface area contributed by atoms with E-state index in [0.717, 1.165) is 50.4 Å². The molecule has 0 amide bonds. The molecule has 6 rings (SSSR count). The highest BCUT2D eigenvalue weighted by atomic mass is 35.5. The molecule has 3 aromatic heterocycles. The molecule has 51 heavy (non-hydrogen) atoms. The number of benzene rings is 2. The number of aliphatic hydroxyl groups is 1. The standard InChI is InChI=1S/C31H31ClFN5O4S2.C2HF3O2/c1-44(40,41)12-3-2-7-22(39)15-38-16-24-26(37-38)10-9-23-28-30(34-18-35-31(28)43-29(23)24)36-21-8-11-27(25(32)14-21)42-17-19-5-4-6-20(33)13-19;3-2(4,5)1(6)7/h4-6,8,11,13-14,16,18,22,39H,2-3,7,9-10,12,15,17H2,1H3,(H,34,35,36);(H,6,7)/t22-;/m1./s1. The zero-order valence-electron chi connectivity index (χ0n) is 27.0. The molecule has 3 N–H and O–H groups in total. The van der Waals surface area contributed by atoms with Crippen LogP contribution in [0.1, 0.15) is 36.1 Å². The summed E-state index contributed by atoms with van der Waals surface area (Å²) in [5, 5.41) is 27.2. The number of aliphatic carboxylic acids is 1. The molecule has 0 saturated heterocycles. The van der Waals surface area contributed by atoms with Gasteiger partial charge in [0.1, 0.15) is 45.0 Å². The normalized spacial score (nSPS) is 13.2. The van der Waals surface area contributed by atoms with Crippen molar-refractivity contribution < 1.29 is 45.7 Å². The van der Waals surface area contributed by atoms with Gasteiger partial charge in [0.05, 0.1) is 28.8 Å². The fourth-order valence-electron chi connectivity index (χ4n) is 5.39. The van der Waals surface area contributed by atoms with Crippen molar-refractivity contribution >= 4 is 60.5 Å². The Morgan fingerprint density at radius 2 is 1.92 bits per heavy atom. The quantitative estimate of drug-likeness (QED) is 0.0894. The van der Waals surface area contributed by atoms with Gasteiger partial charge in [-0.25, -0.2) is 27.6 Å². The minimum atomic E-state index is -5.08. The van der Waals surface area contributed by atoms with Crippen LogP contribution >= 0.6 is 22.9 Å². The lowest BCUT2D eigenvalue weighted by Crippen LogP contribution is -2.21. The number of nitrogens with zero attached hydrogens (tertiary/aromatic N) is 4. The summed E-state index contributed by atoms with van der Waals surface area (Å²) in [6.45, 7) is 0.544. The third kappa shape index (κ3) is 10.1. The summed E-state index contributed by atoms with van der Waals surface area (Å²) >= 11 is 8.13. The van der Waals surface area contributed by atoms with Gasteiger partial charge in [-0.05, 0) is 73.6 Å². The molecule has 18 heteroatoms. The molecular weight excluding hydrogens is 738 g/mol. The van der Waals surface area contributed by atoms with E-state index >= 15 is 0 Å². The van der Waals surface area contributed by atoms with E-state index in [-0.39, 0.29) is 18.2 Å². The monoisotopic (exact) mass is 769 g/mol. The number of anilines is 2. The minimum absolute atomic E-state index is 0.134. The minimum Gasteiger partial charge on any atom is -0.487 e. The maximum absolute atomic E-state index is 13.5.